The molecular weight excluding hydrogens is 409 g/mol. The Hall–Kier alpha value is -3.60. The Morgan fingerprint density at radius 1 is 1.22 bits per heavy atom. The minimum atomic E-state index is -0.369. The van der Waals surface area contributed by atoms with Crippen LogP contribution in [0.5, 0.6) is 5.75 Å². The normalized spacial score (nSPS) is 15.6. The fraction of sp³-hybridized carbons (Fsp3) is 0.375. The molecule has 0 aromatic heterocycles. The third-order valence-electron chi connectivity index (χ3n) is 5.89. The number of halogens is 1. The van der Waals surface area contributed by atoms with Crippen LogP contribution in [0.15, 0.2) is 53.5 Å². The molecule has 1 aliphatic rings. The smallest absolute Gasteiger partial charge is 0.255 e. The second-order valence-electron chi connectivity index (χ2n) is 7.69. The lowest BCUT2D eigenvalue weighted by atomic mass is 9.72. The molecule has 0 saturated carbocycles. The van der Waals surface area contributed by atoms with E-state index in [0.29, 0.717) is 56.3 Å². The van der Waals surface area contributed by atoms with Gasteiger partial charge in [-0.1, -0.05) is 24.3 Å². The number of hydrogen-bond donors (Lipinski definition) is 2. The zero-order chi connectivity index (χ0) is 23.0. The van der Waals surface area contributed by atoms with Gasteiger partial charge in [-0.15, -0.1) is 0 Å². The summed E-state index contributed by atoms with van der Waals surface area (Å²) in [6.45, 7) is 4.18. The van der Waals surface area contributed by atoms with E-state index < -0.39 is 0 Å². The third kappa shape index (κ3) is 5.17. The molecule has 1 amide bonds. The number of ether oxygens (including phenoxy) is 1. The van der Waals surface area contributed by atoms with Crippen molar-refractivity contribution in [3.05, 3.63) is 65.5 Å². The molecule has 7 nitrogen and oxygen atoms in total. The van der Waals surface area contributed by atoms with Gasteiger partial charge < -0.3 is 15.0 Å². The van der Waals surface area contributed by atoms with Gasteiger partial charge in [-0.3, -0.25) is 15.1 Å². The average molecular weight is 438 g/mol. The minimum Gasteiger partial charge on any atom is -0.496 e. The highest BCUT2D eigenvalue weighted by Crippen LogP contribution is 2.35. The zero-order valence-electron chi connectivity index (χ0n) is 18.4. The van der Waals surface area contributed by atoms with Crippen molar-refractivity contribution < 1.29 is 13.9 Å². The summed E-state index contributed by atoms with van der Waals surface area (Å²) in [5.41, 5.74) is 1.07. The van der Waals surface area contributed by atoms with Crippen molar-refractivity contribution in [3.8, 4) is 11.9 Å². The summed E-state index contributed by atoms with van der Waals surface area (Å²) in [6.07, 6.45) is 3.36. The molecule has 0 unspecified atom stereocenters. The Bertz CT molecular complexity index is 992. The van der Waals surface area contributed by atoms with E-state index in [2.05, 4.69) is 15.6 Å². The molecule has 0 radical (unpaired) electrons. The average Bonchev–Trinajstić information content (AvgIpc) is 2.83. The fourth-order valence-corrected chi connectivity index (χ4v) is 4.11. The fourth-order valence-electron chi connectivity index (χ4n) is 4.11. The molecule has 2 aromatic rings. The van der Waals surface area contributed by atoms with Crippen LogP contribution >= 0.6 is 0 Å². The first kappa shape index (κ1) is 23.1. The monoisotopic (exact) mass is 437 g/mol. The lowest BCUT2D eigenvalue weighted by Crippen LogP contribution is -2.52. The van der Waals surface area contributed by atoms with Crippen LogP contribution in [0.1, 0.15) is 35.7 Å². The Kier molecular flexibility index (Phi) is 7.66. The summed E-state index contributed by atoms with van der Waals surface area (Å²) in [5, 5.41) is 14.8. The molecule has 1 heterocycles. The van der Waals surface area contributed by atoms with Gasteiger partial charge in [0.2, 0.25) is 5.96 Å². The number of benzene rings is 2. The molecule has 0 spiro atoms. The van der Waals surface area contributed by atoms with Crippen molar-refractivity contribution in [2.75, 3.05) is 33.3 Å². The number of piperidine rings is 1. The number of aliphatic imine (C=N–C) groups is 1. The molecular formula is C24H28FN5O2. The van der Waals surface area contributed by atoms with Crippen LogP contribution in [0, 0.1) is 17.3 Å². The molecule has 2 aromatic carbocycles. The predicted molar refractivity (Wildman–Crippen MR) is 121 cm³/mol. The molecule has 1 saturated heterocycles. The first-order chi connectivity index (χ1) is 15.5. The van der Waals surface area contributed by atoms with E-state index in [1.54, 1.807) is 30.3 Å². The van der Waals surface area contributed by atoms with Gasteiger partial charge in [-0.05, 0) is 49.6 Å². The molecule has 1 fully saturated rings. The van der Waals surface area contributed by atoms with Gasteiger partial charge in [0.1, 0.15) is 11.6 Å². The lowest BCUT2D eigenvalue weighted by molar-refractivity contribution is 0.0929. The second kappa shape index (κ2) is 10.6. The third-order valence-corrected chi connectivity index (χ3v) is 5.89. The van der Waals surface area contributed by atoms with Gasteiger partial charge in [0.25, 0.3) is 5.91 Å². The minimum absolute atomic E-state index is 0.217. The number of likely N-dealkylation sites (tertiary alicyclic amines) is 1. The van der Waals surface area contributed by atoms with Crippen LogP contribution in [0.2, 0.25) is 0 Å². The lowest BCUT2D eigenvalue weighted by Gasteiger charge is -2.43. The standard InChI is InChI=1S/C24H28FN5O2/c1-3-27-23(29-17-26)30-14-12-24(13-15-30,18-8-10-19(25)11-9-18)16-28-22(31)20-6-4-5-7-21(20)32-2/h4-11H,3,12-16H2,1-2H3,(H,27,29)(H,28,31). The van der Waals surface area contributed by atoms with E-state index in [9.17, 15) is 9.18 Å². The quantitative estimate of drug-likeness (QED) is 0.314. The van der Waals surface area contributed by atoms with Crippen molar-refractivity contribution in [1.82, 2.24) is 15.5 Å². The number of hydrogen-bond acceptors (Lipinski definition) is 4. The van der Waals surface area contributed by atoms with Crippen molar-refractivity contribution in [1.29, 1.82) is 5.26 Å². The Labute approximate surface area is 187 Å². The van der Waals surface area contributed by atoms with E-state index in [1.165, 1.54) is 19.2 Å². The maximum absolute atomic E-state index is 13.6. The molecule has 32 heavy (non-hydrogen) atoms. The van der Waals surface area contributed by atoms with Gasteiger partial charge in [0, 0.05) is 31.6 Å². The number of rotatable bonds is 6. The van der Waals surface area contributed by atoms with Gasteiger partial charge in [-0.25, -0.2) is 4.39 Å². The highest BCUT2D eigenvalue weighted by molar-refractivity contribution is 5.97. The zero-order valence-corrected chi connectivity index (χ0v) is 18.4. The maximum atomic E-state index is 13.6. The summed E-state index contributed by atoms with van der Waals surface area (Å²) in [7, 11) is 1.53. The summed E-state index contributed by atoms with van der Waals surface area (Å²) >= 11 is 0. The van der Waals surface area contributed by atoms with Gasteiger partial charge in [0.05, 0.1) is 12.7 Å². The van der Waals surface area contributed by atoms with Gasteiger partial charge in [-0.2, -0.15) is 5.26 Å². The van der Waals surface area contributed by atoms with E-state index in [-0.39, 0.29) is 17.1 Å². The van der Waals surface area contributed by atoms with Crippen LogP contribution < -0.4 is 15.4 Å². The van der Waals surface area contributed by atoms with E-state index in [4.69, 9.17) is 10.00 Å². The molecule has 2 N–H and O–H groups in total. The summed E-state index contributed by atoms with van der Waals surface area (Å²) in [6, 6.07) is 13.6. The number of para-hydroxylation sites is 1. The number of nitrogens with one attached hydrogen (secondary N) is 2. The highest BCUT2D eigenvalue weighted by Gasteiger charge is 2.37. The number of methoxy groups -OCH3 is 1. The molecule has 3 rings (SSSR count). The number of nitriles is 1. The molecule has 168 valence electrons. The van der Waals surface area contributed by atoms with Crippen LogP contribution in [0.25, 0.3) is 0 Å². The molecule has 0 aliphatic carbocycles. The van der Waals surface area contributed by atoms with Gasteiger partial charge in [0.15, 0.2) is 6.19 Å². The first-order valence-electron chi connectivity index (χ1n) is 10.6. The Morgan fingerprint density at radius 2 is 1.91 bits per heavy atom. The molecule has 1 aliphatic heterocycles. The number of guanidine groups is 1. The van der Waals surface area contributed by atoms with E-state index in [0.717, 1.165) is 5.56 Å². The Morgan fingerprint density at radius 3 is 2.53 bits per heavy atom. The topological polar surface area (TPSA) is 89.8 Å². The first-order valence-corrected chi connectivity index (χ1v) is 10.6. The van der Waals surface area contributed by atoms with Crippen molar-refractivity contribution in [2.45, 2.75) is 25.2 Å². The van der Waals surface area contributed by atoms with Crippen molar-refractivity contribution in [2.24, 2.45) is 4.99 Å². The highest BCUT2D eigenvalue weighted by atomic mass is 19.1. The number of carbonyl (C=O) groups is 1. The SMILES string of the molecule is CCN=C(NC#N)N1CCC(CNC(=O)c2ccccc2OC)(c2ccc(F)cc2)CC1. The largest absolute Gasteiger partial charge is 0.496 e. The molecule has 8 heteroatoms. The second-order valence-corrected chi connectivity index (χ2v) is 7.69. The van der Waals surface area contributed by atoms with Crippen molar-refractivity contribution in [3.63, 3.8) is 0 Å². The van der Waals surface area contributed by atoms with Crippen LogP contribution in [-0.4, -0.2) is 50.1 Å². The van der Waals surface area contributed by atoms with Crippen LogP contribution in [-0.2, 0) is 5.41 Å². The molecule has 0 bridgehead atoms. The van der Waals surface area contributed by atoms with E-state index >= 15 is 0 Å². The van der Waals surface area contributed by atoms with Crippen molar-refractivity contribution >= 4 is 11.9 Å². The van der Waals surface area contributed by atoms with Crippen LogP contribution in [0.3, 0.4) is 0 Å². The predicted octanol–water partition coefficient (Wildman–Crippen LogP) is 3.04. The van der Waals surface area contributed by atoms with E-state index in [1.807, 2.05) is 24.1 Å². The summed E-state index contributed by atoms with van der Waals surface area (Å²) < 4.78 is 18.9. The Balaban J connectivity index is 1.81. The summed E-state index contributed by atoms with van der Waals surface area (Å²) in [5.74, 6) is 0.556. The number of carbonyl (C=O) groups excluding carboxylic acids is 1. The summed E-state index contributed by atoms with van der Waals surface area (Å²) in [4.78, 5) is 19.3. The maximum Gasteiger partial charge on any atom is 0.255 e. The van der Waals surface area contributed by atoms with Gasteiger partial charge >= 0.3 is 0 Å². The number of nitrogens with zero attached hydrogens (tertiary/aromatic N) is 3. The molecule has 0 atom stereocenters. The van der Waals surface area contributed by atoms with Crippen LogP contribution in [0.4, 0.5) is 4.39 Å². The number of amides is 1.